The van der Waals surface area contributed by atoms with Crippen LogP contribution in [0.2, 0.25) is 0 Å². The van der Waals surface area contributed by atoms with Crippen molar-refractivity contribution in [2.24, 2.45) is 0 Å². The average Bonchev–Trinajstić information content (AvgIpc) is 2.05. The summed E-state index contributed by atoms with van der Waals surface area (Å²) in [5.74, 6) is 1.64. The van der Waals surface area contributed by atoms with E-state index in [1.165, 1.54) is 0 Å². The van der Waals surface area contributed by atoms with Crippen LogP contribution in [0.1, 0.15) is 1.43 Å². The van der Waals surface area contributed by atoms with E-state index in [0.717, 1.165) is 11.5 Å². The fourth-order valence-electron chi connectivity index (χ4n) is 0.728. The molecule has 0 aliphatic rings. The molecule has 0 radical (unpaired) electrons. The number of hydrogen-bond donors (Lipinski definition) is 0. The third-order valence-electron chi connectivity index (χ3n) is 1.28. The molecule has 0 amide bonds. The second-order valence-corrected chi connectivity index (χ2v) is 1.88. The van der Waals surface area contributed by atoms with Gasteiger partial charge in [0.05, 0.1) is 14.2 Å². The van der Waals surface area contributed by atoms with Crippen molar-refractivity contribution in [1.29, 1.82) is 0 Å². The van der Waals surface area contributed by atoms with E-state index in [2.05, 4.69) is 0 Å². The third kappa shape index (κ3) is 3.14. The molecule has 3 heteroatoms. The zero-order valence-electron chi connectivity index (χ0n) is 8.13. The van der Waals surface area contributed by atoms with Crippen molar-refractivity contribution in [3.8, 4) is 11.5 Å². The molecule has 1 aromatic carbocycles. The second-order valence-electron chi connectivity index (χ2n) is 1.88. The van der Waals surface area contributed by atoms with E-state index in [1.807, 2.05) is 24.3 Å². The van der Waals surface area contributed by atoms with Gasteiger partial charge in [0.1, 0.15) is 11.5 Å². The van der Waals surface area contributed by atoms with Crippen LogP contribution in [0, 0.1) is 0 Å². The van der Waals surface area contributed by atoms with Gasteiger partial charge in [0.2, 0.25) is 0 Å². The van der Waals surface area contributed by atoms with Gasteiger partial charge in [0.15, 0.2) is 0 Å². The number of hydrogen-bond acceptors (Lipinski definition) is 2. The molecule has 11 heavy (non-hydrogen) atoms. The quantitative estimate of drug-likeness (QED) is 0.510. The number of methoxy groups -OCH3 is 2. The Balaban J connectivity index is 0. The third-order valence-corrected chi connectivity index (χ3v) is 1.28. The van der Waals surface area contributed by atoms with E-state index < -0.39 is 0 Å². The maximum absolute atomic E-state index is 4.98. The fourth-order valence-corrected chi connectivity index (χ4v) is 0.728. The number of benzene rings is 1. The van der Waals surface area contributed by atoms with Crippen LogP contribution in [0.5, 0.6) is 11.5 Å². The molecule has 0 saturated carbocycles. The Kier molecular flexibility index (Phi) is 5.38. The van der Waals surface area contributed by atoms with Gasteiger partial charge in [-0.2, -0.15) is 0 Å². The summed E-state index contributed by atoms with van der Waals surface area (Å²) in [6.45, 7) is 0. The van der Waals surface area contributed by atoms with Gasteiger partial charge in [0.25, 0.3) is 0 Å². The van der Waals surface area contributed by atoms with Crippen LogP contribution in [0.25, 0.3) is 0 Å². The van der Waals surface area contributed by atoms with E-state index in [4.69, 9.17) is 9.47 Å². The smallest absolute Gasteiger partial charge is 1.00 e. The summed E-state index contributed by atoms with van der Waals surface area (Å²) in [5, 5.41) is 0. The van der Waals surface area contributed by atoms with Crippen LogP contribution < -0.4 is 39.0 Å². The molecule has 56 valence electrons. The standard InChI is InChI=1S/C8H10O2.Na.H/c1-9-7-4-3-5-8(6-7)10-2;;/h3-6H,1-2H3;;/q;+1;-1. The first-order valence-corrected chi connectivity index (χ1v) is 3.05. The van der Waals surface area contributed by atoms with Crippen molar-refractivity contribution in [3.63, 3.8) is 0 Å². The van der Waals surface area contributed by atoms with Gasteiger partial charge in [-0.1, -0.05) is 6.07 Å². The Morgan fingerprint density at radius 2 is 1.55 bits per heavy atom. The molecule has 1 rings (SSSR count). The van der Waals surface area contributed by atoms with E-state index in [1.54, 1.807) is 14.2 Å². The van der Waals surface area contributed by atoms with Crippen molar-refractivity contribution < 1.29 is 40.5 Å². The van der Waals surface area contributed by atoms with Gasteiger partial charge < -0.3 is 10.9 Å². The monoisotopic (exact) mass is 162 g/mol. The molecule has 2 nitrogen and oxygen atoms in total. The summed E-state index contributed by atoms with van der Waals surface area (Å²) in [6.07, 6.45) is 0. The SMILES string of the molecule is COc1cccc(OC)c1.[H-].[Na+]. The van der Waals surface area contributed by atoms with Gasteiger partial charge >= 0.3 is 29.6 Å². The maximum atomic E-state index is 4.98. The fraction of sp³-hybridized carbons (Fsp3) is 0.250. The van der Waals surface area contributed by atoms with E-state index in [9.17, 15) is 0 Å². The predicted molar refractivity (Wildman–Crippen MR) is 40.7 cm³/mol. The van der Waals surface area contributed by atoms with Crippen LogP contribution in [0.3, 0.4) is 0 Å². The molecule has 0 spiro atoms. The van der Waals surface area contributed by atoms with Gasteiger partial charge in [-0.15, -0.1) is 0 Å². The van der Waals surface area contributed by atoms with E-state index in [-0.39, 0.29) is 31.0 Å². The summed E-state index contributed by atoms with van der Waals surface area (Å²) in [5.41, 5.74) is 0. The molecule has 0 aromatic heterocycles. The minimum atomic E-state index is 0. The van der Waals surface area contributed by atoms with Crippen molar-refractivity contribution >= 4 is 0 Å². The Bertz CT molecular complexity index is 199. The van der Waals surface area contributed by atoms with Crippen LogP contribution in [0.15, 0.2) is 24.3 Å². The van der Waals surface area contributed by atoms with Crippen molar-refractivity contribution in [2.75, 3.05) is 14.2 Å². The van der Waals surface area contributed by atoms with Crippen molar-refractivity contribution in [3.05, 3.63) is 24.3 Å². The number of ether oxygens (including phenoxy) is 2. The second kappa shape index (κ2) is 5.47. The first-order chi connectivity index (χ1) is 4.86. The molecular weight excluding hydrogens is 151 g/mol. The summed E-state index contributed by atoms with van der Waals surface area (Å²) in [7, 11) is 3.27. The minimum absolute atomic E-state index is 0. The van der Waals surface area contributed by atoms with Gasteiger partial charge in [0, 0.05) is 6.07 Å². The van der Waals surface area contributed by atoms with E-state index in [0.29, 0.717) is 0 Å². The molecule has 0 unspecified atom stereocenters. The molecular formula is C8H11NaO2. The molecule has 0 atom stereocenters. The van der Waals surface area contributed by atoms with Gasteiger partial charge in [-0.05, 0) is 12.1 Å². The van der Waals surface area contributed by atoms with E-state index >= 15 is 0 Å². The summed E-state index contributed by atoms with van der Waals surface area (Å²) < 4.78 is 9.95. The molecule has 0 bridgehead atoms. The summed E-state index contributed by atoms with van der Waals surface area (Å²) >= 11 is 0. The van der Waals surface area contributed by atoms with Crippen molar-refractivity contribution in [1.82, 2.24) is 0 Å². The zero-order chi connectivity index (χ0) is 7.40. The van der Waals surface area contributed by atoms with Crippen LogP contribution in [-0.4, -0.2) is 14.2 Å². The number of rotatable bonds is 2. The molecule has 0 aliphatic carbocycles. The molecule has 1 aromatic rings. The Labute approximate surface area is 90.3 Å². The Hall–Kier alpha value is -0.180. The normalized spacial score (nSPS) is 8.18. The predicted octanol–water partition coefficient (Wildman–Crippen LogP) is -1.18. The van der Waals surface area contributed by atoms with Crippen LogP contribution in [-0.2, 0) is 0 Å². The maximum Gasteiger partial charge on any atom is 1.00 e. The molecule has 0 aliphatic heterocycles. The largest absolute Gasteiger partial charge is 1.00 e. The first kappa shape index (κ1) is 10.8. The molecule has 0 heterocycles. The zero-order valence-corrected chi connectivity index (χ0v) is 9.13. The molecule has 0 fully saturated rings. The Morgan fingerprint density at radius 1 is 1.09 bits per heavy atom. The van der Waals surface area contributed by atoms with Crippen molar-refractivity contribution in [2.45, 2.75) is 0 Å². The first-order valence-electron chi connectivity index (χ1n) is 3.05. The topological polar surface area (TPSA) is 18.5 Å². The van der Waals surface area contributed by atoms with Crippen LogP contribution in [0.4, 0.5) is 0 Å². The molecule has 0 N–H and O–H groups in total. The summed E-state index contributed by atoms with van der Waals surface area (Å²) in [6, 6.07) is 7.47. The van der Waals surface area contributed by atoms with Crippen LogP contribution >= 0.6 is 0 Å². The Morgan fingerprint density at radius 3 is 1.91 bits per heavy atom. The average molecular weight is 162 g/mol. The van der Waals surface area contributed by atoms with Gasteiger partial charge in [-0.25, -0.2) is 0 Å². The minimum Gasteiger partial charge on any atom is -1.00 e. The molecule has 0 saturated heterocycles. The van der Waals surface area contributed by atoms with Gasteiger partial charge in [-0.3, -0.25) is 0 Å². The summed E-state index contributed by atoms with van der Waals surface area (Å²) in [4.78, 5) is 0.